The SMILES string of the molecule is CC(C)Oc1ccc(C(=O)NNC(=S)Nc2ccc(F)c(Cl)c2)cc1. The Bertz CT molecular complexity index is 769. The Hall–Kier alpha value is -2.38. The summed E-state index contributed by atoms with van der Waals surface area (Å²) >= 11 is 10.7. The molecule has 0 saturated heterocycles. The Morgan fingerprint density at radius 1 is 1.16 bits per heavy atom. The minimum atomic E-state index is -0.524. The minimum Gasteiger partial charge on any atom is -0.491 e. The molecule has 2 aromatic rings. The molecule has 2 aromatic carbocycles. The van der Waals surface area contributed by atoms with E-state index in [0.29, 0.717) is 17.0 Å². The van der Waals surface area contributed by atoms with Crippen LogP contribution in [0, 0.1) is 5.82 Å². The predicted octanol–water partition coefficient (Wildman–Crippen LogP) is 3.90. The lowest BCUT2D eigenvalue weighted by Crippen LogP contribution is -2.43. The number of hydrazine groups is 1. The molecule has 0 radical (unpaired) electrons. The first-order chi connectivity index (χ1) is 11.8. The molecule has 0 fully saturated rings. The molecule has 0 heterocycles. The van der Waals surface area contributed by atoms with Crippen LogP contribution in [-0.2, 0) is 0 Å². The van der Waals surface area contributed by atoms with Gasteiger partial charge in [0.15, 0.2) is 5.11 Å². The van der Waals surface area contributed by atoms with Crippen LogP contribution in [-0.4, -0.2) is 17.1 Å². The molecule has 1 amide bonds. The molecule has 0 saturated carbocycles. The Morgan fingerprint density at radius 3 is 2.44 bits per heavy atom. The summed E-state index contributed by atoms with van der Waals surface area (Å²) in [5, 5.41) is 2.89. The summed E-state index contributed by atoms with van der Waals surface area (Å²) < 4.78 is 18.6. The summed E-state index contributed by atoms with van der Waals surface area (Å²) in [5.41, 5.74) is 5.96. The van der Waals surface area contributed by atoms with E-state index >= 15 is 0 Å². The van der Waals surface area contributed by atoms with Crippen molar-refractivity contribution in [1.29, 1.82) is 0 Å². The van der Waals surface area contributed by atoms with Crippen molar-refractivity contribution in [3.63, 3.8) is 0 Å². The topological polar surface area (TPSA) is 62.4 Å². The third-order valence-electron chi connectivity index (χ3n) is 2.96. The second-order valence-electron chi connectivity index (χ2n) is 5.35. The van der Waals surface area contributed by atoms with Crippen molar-refractivity contribution >= 4 is 40.5 Å². The van der Waals surface area contributed by atoms with Gasteiger partial charge >= 0.3 is 0 Å². The molecule has 8 heteroatoms. The van der Waals surface area contributed by atoms with E-state index in [1.807, 2.05) is 13.8 Å². The molecule has 0 aliphatic rings. The first-order valence-electron chi connectivity index (χ1n) is 7.44. The molecule has 0 aliphatic heterocycles. The number of carbonyl (C=O) groups is 1. The van der Waals surface area contributed by atoms with E-state index in [2.05, 4.69) is 16.2 Å². The van der Waals surface area contributed by atoms with Crippen molar-refractivity contribution in [2.24, 2.45) is 0 Å². The van der Waals surface area contributed by atoms with Crippen molar-refractivity contribution in [3.8, 4) is 5.75 Å². The molecule has 0 unspecified atom stereocenters. The van der Waals surface area contributed by atoms with Crippen LogP contribution < -0.4 is 20.9 Å². The van der Waals surface area contributed by atoms with Gasteiger partial charge in [0.1, 0.15) is 11.6 Å². The lowest BCUT2D eigenvalue weighted by molar-refractivity contribution is 0.0944. The Labute approximate surface area is 155 Å². The van der Waals surface area contributed by atoms with Gasteiger partial charge < -0.3 is 10.1 Å². The maximum atomic E-state index is 13.1. The highest BCUT2D eigenvalue weighted by molar-refractivity contribution is 7.80. The zero-order valence-corrected chi connectivity index (χ0v) is 15.2. The van der Waals surface area contributed by atoms with Crippen LogP contribution in [0.25, 0.3) is 0 Å². The number of halogens is 2. The van der Waals surface area contributed by atoms with Gasteiger partial charge in [-0.3, -0.25) is 15.6 Å². The van der Waals surface area contributed by atoms with Crippen LogP contribution in [0.15, 0.2) is 42.5 Å². The number of rotatable bonds is 4. The monoisotopic (exact) mass is 381 g/mol. The van der Waals surface area contributed by atoms with Gasteiger partial charge in [-0.05, 0) is 68.5 Å². The first-order valence-corrected chi connectivity index (χ1v) is 8.23. The number of benzene rings is 2. The number of hydrogen-bond donors (Lipinski definition) is 3. The van der Waals surface area contributed by atoms with Crippen molar-refractivity contribution in [2.75, 3.05) is 5.32 Å². The van der Waals surface area contributed by atoms with Gasteiger partial charge in [0, 0.05) is 11.3 Å². The van der Waals surface area contributed by atoms with Crippen LogP contribution in [0.1, 0.15) is 24.2 Å². The third kappa shape index (κ3) is 5.88. The van der Waals surface area contributed by atoms with E-state index in [0.717, 1.165) is 0 Å². The molecule has 132 valence electrons. The van der Waals surface area contributed by atoms with Crippen LogP contribution in [0.4, 0.5) is 10.1 Å². The molecule has 0 aliphatic carbocycles. The van der Waals surface area contributed by atoms with Crippen LogP contribution >= 0.6 is 23.8 Å². The molecule has 0 spiro atoms. The maximum absolute atomic E-state index is 13.1. The van der Waals surface area contributed by atoms with E-state index < -0.39 is 5.82 Å². The lowest BCUT2D eigenvalue weighted by Gasteiger charge is -2.13. The van der Waals surface area contributed by atoms with Crippen LogP contribution in [0.2, 0.25) is 5.02 Å². The van der Waals surface area contributed by atoms with E-state index in [1.165, 1.54) is 18.2 Å². The molecule has 0 atom stereocenters. The molecule has 0 bridgehead atoms. The zero-order valence-electron chi connectivity index (χ0n) is 13.6. The number of carbonyl (C=O) groups excluding carboxylic acids is 1. The van der Waals surface area contributed by atoms with E-state index in [4.69, 9.17) is 28.6 Å². The predicted molar refractivity (Wildman–Crippen MR) is 100 cm³/mol. The highest BCUT2D eigenvalue weighted by Gasteiger charge is 2.07. The van der Waals surface area contributed by atoms with E-state index in [-0.39, 0.29) is 22.1 Å². The molecule has 0 aromatic heterocycles. The van der Waals surface area contributed by atoms with Gasteiger partial charge in [0.25, 0.3) is 5.91 Å². The van der Waals surface area contributed by atoms with Gasteiger partial charge in [0.2, 0.25) is 0 Å². The van der Waals surface area contributed by atoms with Crippen LogP contribution in [0.3, 0.4) is 0 Å². The third-order valence-corrected chi connectivity index (χ3v) is 3.45. The van der Waals surface area contributed by atoms with Crippen LogP contribution in [0.5, 0.6) is 5.75 Å². The Morgan fingerprint density at radius 2 is 1.84 bits per heavy atom. The fourth-order valence-corrected chi connectivity index (χ4v) is 2.23. The number of thiocarbonyl (C=S) groups is 1. The summed E-state index contributed by atoms with van der Waals surface area (Å²) in [6, 6.07) is 10.8. The smallest absolute Gasteiger partial charge is 0.269 e. The Kier molecular flexibility index (Phi) is 6.55. The van der Waals surface area contributed by atoms with Gasteiger partial charge in [-0.25, -0.2) is 4.39 Å². The fourth-order valence-electron chi connectivity index (χ4n) is 1.88. The highest BCUT2D eigenvalue weighted by atomic mass is 35.5. The molecular formula is C17H17ClFN3O2S. The lowest BCUT2D eigenvalue weighted by atomic mass is 10.2. The molecule has 3 N–H and O–H groups in total. The standard InChI is InChI=1S/C17H17ClFN3O2S/c1-10(2)24-13-6-3-11(4-7-13)16(23)21-22-17(25)20-12-5-8-15(19)14(18)9-12/h3-10H,1-2H3,(H,21,23)(H2,20,22,25). The summed E-state index contributed by atoms with van der Waals surface area (Å²) in [5.74, 6) is -0.202. The second kappa shape index (κ2) is 8.64. The molecular weight excluding hydrogens is 365 g/mol. The number of nitrogens with one attached hydrogen (secondary N) is 3. The molecule has 25 heavy (non-hydrogen) atoms. The number of hydrogen-bond acceptors (Lipinski definition) is 3. The summed E-state index contributed by atoms with van der Waals surface area (Å²) in [6.07, 6.45) is 0.0600. The Balaban J connectivity index is 1.86. The van der Waals surface area contributed by atoms with Crippen molar-refractivity contribution < 1.29 is 13.9 Å². The maximum Gasteiger partial charge on any atom is 0.269 e. The minimum absolute atomic E-state index is 0.0273. The summed E-state index contributed by atoms with van der Waals surface area (Å²) in [4.78, 5) is 12.1. The fraction of sp³-hybridized carbons (Fsp3) is 0.176. The number of amides is 1. The summed E-state index contributed by atoms with van der Waals surface area (Å²) in [6.45, 7) is 3.85. The average molecular weight is 382 g/mol. The largest absolute Gasteiger partial charge is 0.491 e. The van der Waals surface area contributed by atoms with Gasteiger partial charge in [-0.15, -0.1) is 0 Å². The number of anilines is 1. The van der Waals surface area contributed by atoms with Gasteiger partial charge in [-0.2, -0.15) is 0 Å². The second-order valence-corrected chi connectivity index (χ2v) is 6.17. The molecule has 5 nitrogen and oxygen atoms in total. The number of ether oxygens (including phenoxy) is 1. The van der Waals surface area contributed by atoms with Crippen molar-refractivity contribution in [1.82, 2.24) is 10.9 Å². The highest BCUT2D eigenvalue weighted by Crippen LogP contribution is 2.19. The van der Waals surface area contributed by atoms with E-state index in [9.17, 15) is 9.18 Å². The van der Waals surface area contributed by atoms with Gasteiger partial charge in [-0.1, -0.05) is 11.6 Å². The quantitative estimate of drug-likeness (QED) is 0.554. The normalized spacial score (nSPS) is 10.3. The summed E-state index contributed by atoms with van der Waals surface area (Å²) in [7, 11) is 0. The zero-order chi connectivity index (χ0) is 18.4. The van der Waals surface area contributed by atoms with Gasteiger partial charge in [0.05, 0.1) is 11.1 Å². The van der Waals surface area contributed by atoms with E-state index in [1.54, 1.807) is 24.3 Å². The first kappa shape index (κ1) is 19.0. The molecule has 2 rings (SSSR count). The van der Waals surface area contributed by atoms with Crippen molar-refractivity contribution in [2.45, 2.75) is 20.0 Å². The van der Waals surface area contributed by atoms with Crippen molar-refractivity contribution in [3.05, 3.63) is 58.9 Å². The average Bonchev–Trinajstić information content (AvgIpc) is 2.56.